The van der Waals surface area contributed by atoms with Crippen LogP contribution in [0.1, 0.15) is 25.0 Å². The van der Waals surface area contributed by atoms with Gasteiger partial charge >= 0.3 is 0 Å². The van der Waals surface area contributed by atoms with E-state index in [2.05, 4.69) is 10.6 Å². The van der Waals surface area contributed by atoms with Crippen LogP contribution in [0.5, 0.6) is 5.75 Å². The number of anilines is 1. The van der Waals surface area contributed by atoms with Crippen LogP contribution in [0.3, 0.4) is 0 Å². The lowest BCUT2D eigenvalue weighted by molar-refractivity contribution is -0.138. The maximum Gasteiger partial charge on any atom is 0.239 e. The van der Waals surface area contributed by atoms with Crippen LogP contribution in [-0.4, -0.2) is 18.9 Å². The van der Waals surface area contributed by atoms with Crippen molar-refractivity contribution in [3.05, 3.63) is 58.6 Å². The Balaban J connectivity index is 2.05. The van der Waals surface area contributed by atoms with Crippen molar-refractivity contribution in [1.29, 1.82) is 0 Å². The van der Waals surface area contributed by atoms with Gasteiger partial charge in [0.15, 0.2) is 0 Å². The largest absolute Gasteiger partial charge is 0.495 e. The highest BCUT2D eigenvalue weighted by molar-refractivity contribution is 6.30. The fraction of sp³-hybridized carbons (Fsp3) is 0.300. The smallest absolute Gasteiger partial charge is 0.239 e. The Labute approximate surface area is 158 Å². The molecule has 138 valence electrons. The molecule has 2 aromatic carbocycles. The summed E-state index contributed by atoms with van der Waals surface area (Å²) in [5.74, 6) is -0.229. The molecule has 0 saturated heterocycles. The van der Waals surface area contributed by atoms with Crippen molar-refractivity contribution in [2.24, 2.45) is 5.41 Å². The Morgan fingerprint density at radius 2 is 1.73 bits per heavy atom. The number of hydrogen-bond donors (Lipinski definition) is 2. The first-order chi connectivity index (χ1) is 12.2. The van der Waals surface area contributed by atoms with E-state index in [0.29, 0.717) is 23.0 Å². The number of benzene rings is 2. The summed E-state index contributed by atoms with van der Waals surface area (Å²) in [5, 5.41) is 6.21. The van der Waals surface area contributed by atoms with Gasteiger partial charge in [0.1, 0.15) is 11.2 Å². The van der Waals surface area contributed by atoms with Crippen molar-refractivity contribution < 1.29 is 14.3 Å². The van der Waals surface area contributed by atoms with Gasteiger partial charge in [-0.05, 0) is 56.2 Å². The molecule has 0 aliphatic heterocycles. The van der Waals surface area contributed by atoms with E-state index in [4.69, 9.17) is 16.3 Å². The van der Waals surface area contributed by atoms with Crippen LogP contribution in [0.2, 0.25) is 5.02 Å². The summed E-state index contributed by atoms with van der Waals surface area (Å²) in [6.07, 6.45) is 0. The van der Waals surface area contributed by atoms with Gasteiger partial charge < -0.3 is 15.4 Å². The van der Waals surface area contributed by atoms with Gasteiger partial charge in [0.25, 0.3) is 0 Å². The minimum Gasteiger partial charge on any atom is -0.495 e. The van der Waals surface area contributed by atoms with Crippen molar-refractivity contribution in [2.45, 2.75) is 27.3 Å². The number of amides is 2. The second-order valence-corrected chi connectivity index (χ2v) is 7.03. The molecule has 6 heteroatoms. The Morgan fingerprint density at radius 1 is 1.08 bits per heavy atom. The minimum absolute atomic E-state index is 0.320. The van der Waals surface area contributed by atoms with Gasteiger partial charge in [0, 0.05) is 11.6 Å². The van der Waals surface area contributed by atoms with Crippen molar-refractivity contribution >= 4 is 29.1 Å². The average molecular weight is 375 g/mol. The van der Waals surface area contributed by atoms with E-state index >= 15 is 0 Å². The zero-order valence-electron chi connectivity index (χ0n) is 15.4. The molecule has 0 radical (unpaired) electrons. The Hall–Kier alpha value is -2.53. The van der Waals surface area contributed by atoms with Crippen molar-refractivity contribution in [3.63, 3.8) is 0 Å². The predicted molar refractivity (Wildman–Crippen MR) is 103 cm³/mol. The summed E-state index contributed by atoms with van der Waals surface area (Å²) in [6.45, 7) is 5.41. The van der Waals surface area contributed by atoms with Crippen LogP contribution in [0.15, 0.2) is 42.5 Å². The maximum atomic E-state index is 12.7. The average Bonchev–Trinajstić information content (AvgIpc) is 2.61. The fourth-order valence-corrected chi connectivity index (χ4v) is 2.43. The van der Waals surface area contributed by atoms with Gasteiger partial charge in [0.05, 0.1) is 12.8 Å². The predicted octanol–water partition coefficient (Wildman–Crippen LogP) is 3.94. The van der Waals surface area contributed by atoms with Crippen molar-refractivity contribution in [3.8, 4) is 5.75 Å². The van der Waals surface area contributed by atoms with E-state index in [0.717, 1.165) is 11.1 Å². The normalized spacial score (nSPS) is 11.0. The lowest BCUT2D eigenvalue weighted by Crippen LogP contribution is -2.44. The monoisotopic (exact) mass is 374 g/mol. The second kappa shape index (κ2) is 8.23. The van der Waals surface area contributed by atoms with Crippen molar-refractivity contribution in [2.75, 3.05) is 12.4 Å². The second-order valence-electron chi connectivity index (χ2n) is 6.59. The number of aryl methyl sites for hydroxylation is 1. The molecule has 0 bridgehead atoms. The molecule has 5 nitrogen and oxygen atoms in total. The first-order valence-electron chi connectivity index (χ1n) is 8.23. The summed E-state index contributed by atoms with van der Waals surface area (Å²) < 4.78 is 5.26. The van der Waals surface area contributed by atoms with E-state index in [9.17, 15) is 9.59 Å². The van der Waals surface area contributed by atoms with Crippen LogP contribution in [0.4, 0.5) is 5.69 Å². The summed E-state index contributed by atoms with van der Waals surface area (Å²) in [7, 11) is 1.53. The first kappa shape index (κ1) is 19.8. The van der Waals surface area contributed by atoms with Gasteiger partial charge in [-0.25, -0.2) is 0 Å². The molecule has 0 saturated carbocycles. The van der Waals surface area contributed by atoms with Gasteiger partial charge in [-0.1, -0.05) is 29.8 Å². The third-order valence-corrected chi connectivity index (χ3v) is 4.36. The number of halogens is 1. The summed E-state index contributed by atoms with van der Waals surface area (Å²) in [6, 6.07) is 12.6. The number of carbonyl (C=O) groups excluding carboxylic acids is 2. The molecule has 2 rings (SSSR count). The molecule has 0 unspecified atom stereocenters. The number of ether oxygens (including phenoxy) is 1. The topological polar surface area (TPSA) is 67.4 Å². The van der Waals surface area contributed by atoms with E-state index in [1.165, 1.54) is 7.11 Å². The van der Waals surface area contributed by atoms with E-state index in [1.54, 1.807) is 38.1 Å². The molecule has 0 aliphatic rings. The fourth-order valence-electron chi connectivity index (χ4n) is 2.31. The highest BCUT2D eigenvalue weighted by Gasteiger charge is 2.36. The molecule has 0 fully saturated rings. The molecule has 26 heavy (non-hydrogen) atoms. The van der Waals surface area contributed by atoms with Crippen LogP contribution >= 0.6 is 11.6 Å². The minimum atomic E-state index is -1.25. The van der Waals surface area contributed by atoms with E-state index in [-0.39, 0.29) is 5.91 Å². The quantitative estimate of drug-likeness (QED) is 0.752. The molecule has 2 amide bonds. The first-order valence-corrected chi connectivity index (χ1v) is 8.60. The molecule has 2 aromatic rings. The number of methoxy groups -OCH3 is 1. The van der Waals surface area contributed by atoms with Gasteiger partial charge in [-0.15, -0.1) is 0 Å². The summed E-state index contributed by atoms with van der Waals surface area (Å²) in [4.78, 5) is 25.2. The Bertz CT molecular complexity index is 801. The molecule has 0 aromatic heterocycles. The molecular formula is C20H23ClN2O3. The molecular weight excluding hydrogens is 352 g/mol. The van der Waals surface area contributed by atoms with Crippen LogP contribution in [0.25, 0.3) is 0 Å². The third-order valence-electron chi connectivity index (χ3n) is 4.10. The molecule has 0 heterocycles. The number of carbonyl (C=O) groups is 2. The standard InChI is InChI=1S/C20H23ClN2O3/c1-13-5-10-17(26-4)16(11-13)23-19(25)20(2,3)18(24)22-12-14-6-8-15(21)9-7-14/h5-11H,12H2,1-4H3,(H,22,24)(H,23,25). The highest BCUT2D eigenvalue weighted by atomic mass is 35.5. The zero-order chi connectivity index (χ0) is 19.3. The Morgan fingerprint density at radius 3 is 2.35 bits per heavy atom. The number of rotatable bonds is 6. The van der Waals surface area contributed by atoms with Crippen LogP contribution < -0.4 is 15.4 Å². The van der Waals surface area contributed by atoms with Crippen molar-refractivity contribution in [1.82, 2.24) is 5.32 Å². The molecule has 0 spiro atoms. The molecule has 0 aliphatic carbocycles. The van der Waals surface area contributed by atoms with Gasteiger partial charge in [0.2, 0.25) is 11.8 Å². The Kier molecular flexibility index (Phi) is 6.27. The van der Waals surface area contributed by atoms with E-state index in [1.807, 2.05) is 25.1 Å². The summed E-state index contributed by atoms with van der Waals surface area (Å²) in [5.41, 5.74) is 1.17. The number of nitrogens with one attached hydrogen (secondary N) is 2. The number of hydrogen-bond acceptors (Lipinski definition) is 3. The zero-order valence-corrected chi connectivity index (χ0v) is 16.1. The SMILES string of the molecule is COc1ccc(C)cc1NC(=O)C(C)(C)C(=O)NCc1ccc(Cl)cc1. The maximum absolute atomic E-state index is 12.7. The summed E-state index contributed by atoms with van der Waals surface area (Å²) >= 11 is 5.85. The van der Waals surface area contributed by atoms with Gasteiger partial charge in [-0.3, -0.25) is 9.59 Å². The van der Waals surface area contributed by atoms with E-state index < -0.39 is 11.3 Å². The van der Waals surface area contributed by atoms with Crippen LogP contribution in [-0.2, 0) is 16.1 Å². The molecule has 2 N–H and O–H groups in total. The highest BCUT2D eigenvalue weighted by Crippen LogP contribution is 2.27. The van der Waals surface area contributed by atoms with Crippen LogP contribution in [0, 0.1) is 12.3 Å². The van der Waals surface area contributed by atoms with Gasteiger partial charge in [-0.2, -0.15) is 0 Å². The third kappa shape index (κ3) is 4.76. The lowest BCUT2D eigenvalue weighted by Gasteiger charge is -2.23. The lowest BCUT2D eigenvalue weighted by atomic mass is 9.90. The molecule has 0 atom stereocenters.